The van der Waals surface area contributed by atoms with E-state index in [2.05, 4.69) is 10.3 Å². The number of hydrogen-bond donors (Lipinski definition) is 1. The predicted molar refractivity (Wildman–Crippen MR) is 119 cm³/mol. The fraction of sp³-hybridized carbons (Fsp3) is 0.280. The van der Waals surface area contributed by atoms with Gasteiger partial charge in [0.1, 0.15) is 6.04 Å². The second-order valence-electron chi connectivity index (χ2n) is 7.48. The van der Waals surface area contributed by atoms with Gasteiger partial charge in [-0.05, 0) is 37.4 Å². The van der Waals surface area contributed by atoms with Crippen LogP contribution in [0.1, 0.15) is 22.9 Å². The average molecular weight is 404 g/mol. The van der Waals surface area contributed by atoms with E-state index in [0.29, 0.717) is 19.6 Å². The summed E-state index contributed by atoms with van der Waals surface area (Å²) >= 11 is 0. The van der Waals surface area contributed by atoms with Gasteiger partial charge in [0.05, 0.1) is 19.3 Å². The minimum atomic E-state index is -0.386. The Labute approximate surface area is 178 Å². The zero-order valence-electron chi connectivity index (χ0n) is 17.6. The molecule has 3 rings (SSSR count). The summed E-state index contributed by atoms with van der Waals surface area (Å²) in [6.45, 7) is 0.799. The van der Waals surface area contributed by atoms with E-state index in [4.69, 9.17) is 4.74 Å². The van der Waals surface area contributed by atoms with Crippen molar-refractivity contribution in [2.45, 2.75) is 25.1 Å². The van der Waals surface area contributed by atoms with E-state index in [-0.39, 0.29) is 18.0 Å². The standard InChI is InChI=1S/C25H29N3O2/c1-28(2)24(19-30-18-20-11-5-3-6-12-20)25(29)27-23(21-13-7-4-8-14-21)17-22-15-9-10-16-26-22/h3-16,23-24H,17-19H2,1-2H3,(H,27,29). The highest BCUT2D eigenvalue weighted by Gasteiger charge is 2.25. The minimum Gasteiger partial charge on any atom is -0.375 e. The molecule has 1 heterocycles. The van der Waals surface area contributed by atoms with Crippen molar-refractivity contribution in [1.29, 1.82) is 0 Å². The Morgan fingerprint density at radius 2 is 1.63 bits per heavy atom. The van der Waals surface area contributed by atoms with Gasteiger partial charge in [-0.25, -0.2) is 0 Å². The largest absolute Gasteiger partial charge is 0.375 e. The van der Waals surface area contributed by atoms with Crippen LogP contribution in [0, 0.1) is 0 Å². The summed E-state index contributed by atoms with van der Waals surface area (Å²) in [6.07, 6.45) is 2.40. The normalized spacial score (nSPS) is 13.0. The molecule has 1 amide bonds. The summed E-state index contributed by atoms with van der Waals surface area (Å²) in [5.41, 5.74) is 3.08. The Balaban J connectivity index is 1.67. The first-order valence-electron chi connectivity index (χ1n) is 10.2. The molecule has 1 aromatic heterocycles. The number of hydrogen-bond acceptors (Lipinski definition) is 4. The Morgan fingerprint density at radius 3 is 2.27 bits per heavy atom. The van der Waals surface area contributed by atoms with Crippen molar-refractivity contribution in [3.63, 3.8) is 0 Å². The van der Waals surface area contributed by atoms with Crippen LogP contribution in [0.4, 0.5) is 0 Å². The van der Waals surface area contributed by atoms with Gasteiger partial charge in [0.2, 0.25) is 5.91 Å². The first-order chi connectivity index (χ1) is 14.6. The number of carbonyl (C=O) groups is 1. The van der Waals surface area contributed by atoms with Gasteiger partial charge in [0, 0.05) is 18.3 Å². The van der Waals surface area contributed by atoms with Crippen LogP contribution in [0.2, 0.25) is 0 Å². The zero-order valence-corrected chi connectivity index (χ0v) is 17.6. The van der Waals surface area contributed by atoms with Crippen LogP contribution in [0.25, 0.3) is 0 Å². The van der Waals surface area contributed by atoms with E-state index in [1.54, 1.807) is 6.20 Å². The smallest absolute Gasteiger partial charge is 0.240 e. The number of nitrogens with zero attached hydrogens (tertiary/aromatic N) is 2. The van der Waals surface area contributed by atoms with Crippen LogP contribution >= 0.6 is 0 Å². The fourth-order valence-corrected chi connectivity index (χ4v) is 3.26. The van der Waals surface area contributed by atoms with Gasteiger partial charge >= 0.3 is 0 Å². The number of benzene rings is 2. The number of aromatic nitrogens is 1. The average Bonchev–Trinajstić information content (AvgIpc) is 2.78. The Bertz CT molecular complexity index is 886. The third-order valence-electron chi connectivity index (χ3n) is 4.97. The third-order valence-corrected chi connectivity index (χ3v) is 4.97. The van der Waals surface area contributed by atoms with Crippen molar-refractivity contribution >= 4 is 5.91 Å². The van der Waals surface area contributed by atoms with Crippen LogP contribution in [0.5, 0.6) is 0 Å². The van der Waals surface area contributed by atoms with E-state index in [1.165, 1.54) is 0 Å². The molecular formula is C25H29N3O2. The van der Waals surface area contributed by atoms with Crippen molar-refractivity contribution in [2.24, 2.45) is 0 Å². The molecule has 0 saturated carbocycles. The number of carbonyl (C=O) groups excluding carboxylic acids is 1. The summed E-state index contributed by atoms with van der Waals surface area (Å²) in [6, 6.07) is 25.3. The molecule has 1 N–H and O–H groups in total. The monoisotopic (exact) mass is 403 g/mol. The van der Waals surface area contributed by atoms with Crippen LogP contribution in [-0.2, 0) is 22.6 Å². The number of nitrogens with one attached hydrogen (secondary N) is 1. The number of likely N-dealkylation sites (N-methyl/N-ethyl adjacent to an activating group) is 1. The molecule has 0 aliphatic rings. The van der Waals surface area contributed by atoms with Gasteiger partial charge in [-0.3, -0.25) is 14.7 Å². The summed E-state index contributed by atoms with van der Waals surface area (Å²) < 4.78 is 5.86. The van der Waals surface area contributed by atoms with Crippen LogP contribution in [0.15, 0.2) is 85.1 Å². The number of pyridine rings is 1. The quantitative estimate of drug-likeness (QED) is 0.562. The Hall–Kier alpha value is -3.02. The molecule has 0 bridgehead atoms. The van der Waals surface area contributed by atoms with Gasteiger partial charge in [0.25, 0.3) is 0 Å². The minimum absolute atomic E-state index is 0.0576. The highest BCUT2D eigenvalue weighted by atomic mass is 16.5. The highest BCUT2D eigenvalue weighted by molar-refractivity contribution is 5.82. The van der Waals surface area contributed by atoms with Crippen LogP contribution < -0.4 is 5.32 Å². The topological polar surface area (TPSA) is 54.5 Å². The Morgan fingerprint density at radius 1 is 0.967 bits per heavy atom. The highest BCUT2D eigenvalue weighted by Crippen LogP contribution is 2.18. The van der Waals surface area contributed by atoms with Crippen LogP contribution in [0.3, 0.4) is 0 Å². The van der Waals surface area contributed by atoms with Crippen LogP contribution in [-0.4, -0.2) is 42.5 Å². The fourth-order valence-electron chi connectivity index (χ4n) is 3.26. The summed E-state index contributed by atoms with van der Waals surface area (Å²) in [5.74, 6) is -0.0576. The molecule has 156 valence electrons. The zero-order chi connectivity index (χ0) is 21.2. The van der Waals surface area contributed by atoms with E-state index >= 15 is 0 Å². The SMILES string of the molecule is CN(C)C(COCc1ccccc1)C(=O)NC(Cc1ccccn1)c1ccccc1. The second-order valence-corrected chi connectivity index (χ2v) is 7.48. The maximum atomic E-state index is 13.1. The molecule has 0 radical (unpaired) electrons. The van der Waals surface area contributed by atoms with Crippen molar-refractivity contribution in [3.05, 3.63) is 102 Å². The predicted octanol–water partition coefficient (Wildman–Crippen LogP) is 3.63. The van der Waals surface area contributed by atoms with Gasteiger partial charge < -0.3 is 10.1 Å². The molecule has 0 spiro atoms. The lowest BCUT2D eigenvalue weighted by molar-refractivity contribution is -0.128. The molecular weight excluding hydrogens is 374 g/mol. The van der Waals surface area contributed by atoms with E-state index in [9.17, 15) is 4.79 Å². The molecule has 30 heavy (non-hydrogen) atoms. The van der Waals surface area contributed by atoms with Gasteiger partial charge in [-0.15, -0.1) is 0 Å². The van der Waals surface area contributed by atoms with E-state index in [0.717, 1.165) is 16.8 Å². The number of rotatable bonds is 10. The maximum Gasteiger partial charge on any atom is 0.240 e. The molecule has 2 aromatic carbocycles. The third kappa shape index (κ3) is 6.51. The summed E-state index contributed by atoms with van der Waals surface area (Å²) in [7, 11) is 3.79. The molecule has 0 aliphatic carbocycles. The first-order valence-corrected chi connectivity index (χ1v) is 10.2. The summed E-state index contributed by atoms with van der Waals surface area (Å²) in [5, 5.41) is 3.21. The van der Waals surface area contributed by atoms with Gasteiger partial charge in [-0.1, -0.05) is 66.7 Å². The molecule has 0 fully saturated rings. The maximum absolute atomic E-state index is 13.1. The van der Waals surface area contributed by atoms with E-state index < -0.39 is 0 Å². The lowest BCUT2D eigenvalue weighted by atomic mass is 10.0. The molecule has 5 nitrogen and oxygen atoms in total. The molecule has 0 saturated heterocycles. The first kappa shape index (κ1) is 21.7. The van der Waals surface area contributed by atoms with Crippen molar-refractivity contribution in [2.75, 3.05) is 20.7 Å². The molecule has 3 aromatic rings. The molecule has 2 unspecified atom stereocenters. The number of ether oxygens (including phenoxy) is 1. The number of amides is 1. The summed E-state index contributed by atoms with van der Waals surface area (Å²) in [4.78, 5) is 19.5. The lowest BCUT2D eigenvalue weighted by Crippen LogP contribution is -2.47. The Kier molecular flexibility index (Phi) is 8.12. The van der Waals surface area contributed by atoms with Crippen molar-refractivity contribution < 1.29 is 9.53 Å². The lowest BCUT2D eigenvalue weighted by Gasteiger charge is -2.27. The second kappa shape index (κ2) is 11.2. The van der Waals surface area contributed by atoms with Gasteiger partial charge in [-0.2, -0.15) is 0 Å². The van der Waals surface area contributed by atoms with Crippen molar-refractivity contribution in [1.82, 2.24) is 15.2 Å². The molecule has 2 atom stereocenters. The van der Waals surface area contributed by atoms with Gasteiger partial charge in [0.15, 0.2) is 0 Å². The van der Waals surface area contributed by atoms with Crippen molar-refractivity contribution in [3.8, 4) is 0 Å². The van der Waals surface area contributed by atoms with E-state index in [1.807, 2.05) is 97.9 Å². The molecule has 5 heteroatoms. The molecule has 0 aliphatic heterocycles.